The maximum absolute atomic E-state index is 11.3. The predicted octanol–water partition coefficient (Wildman–Crippen LogP) is 3.97. The molecule has 0 saturated heterocycles. The molecule has 0 spiro atoms. The first kappa shape index (κ1) is 14.3. The normalized spacial score (nSPS) is 21.8. The molecule has 0 radical (unpaired) electrons. The van der Waals surface area contributed by atoms with Crippen molar-refractivity contribution in [1.29, 1.82) is 0 Å². The average molecular weight is 309 g/mol. The van der Waals surface area contributed by atoms with Crippen LogP contribution in [0.4, 0.5) is 0 Å². The number of carbonyl (C=O) groups is 1. The molecule has 0 bridgehead atoms. The lowest BCUT2D eigenvalue weighted by Gasteiger charge is -2.28. The SMILES string of the molecule is O=C(O)c1ccc2c3ccccc3n([C@H]3CC[C@@H](O)CC3)c2c1. The molecule has 1 heterocycles. The quantitative estimate of drug-likeness (QED) is 0.753. The van der Waals surface area contributed by atoms with Crippen molar-refractivity contribution in [2.75, 3.05) is 0 Å². The minimum absolute atomic E-state index is 0.200. The monoisotopic (exact) mass is 309 g/mol. The largest absolute Gasteiger partial charge is 0.478 e. The zero-order valence-corrected chi connectivity index (χ0v) is 12.8. The van der Waals surface area contributed by atoms with Gasteiger partial charge < -0.3 is 14.8 Å². The van der Waals surface area contributed by atoms with Crippen LogP contribution in [0.1, 0.15) is 42.1 Å². The molecule has 1 aliphatic rings. The fraction of sp³-hybridized carbons (Fsp3) is 0.316. The highest BCUT2D eigenvalue weighted by Gasteiger charge is 2.24. The van der Waals surface area contributed by atoms with E-state index in [1.54, 1.807) is 12.1 Å². The average Bonchev–Trinajstić information content (AvgIpc) is 2.89. The van der Waals surface area contributed by atoms with E-state index in [1.807, 2.05) is 18.2 Å². The van der Waals surface area contributed by atoms with Crippen LogP contribution in [0.5, 0.6) is 0 Å². The van der Waals surface area contributed by atoms with Gasteiger partial charge >= 0.3 is 5.97 Å². The number of fused-ring (bicyclic) bond motifs is 3. The van der Waals surface area contributed by atoms with E-state index in [-0.39, 0.29) is 6.10 Å². The number of aliphatic hydroxyl groups excluding tert-OH is 1. The molecule has 118 valence electrons. The second-order valence-electron chi connectivity index (χ2n) is 6.39. The van der Waals surface area contributed by atoms with Crippen LogP contribution in [0.2, 0.25) is 0 Å². The number of aromatic nitrogens is 1. The molecule has 2 N–H and O–H groups in total. The summed E-state index contributed by atoms with van der Waals surface area (Å²) in [4.78, 5) is 11.3. The van der Waals surface area contributed by atoms with E-state index >= 15 is 0 Å². The van der Waals surface area contributed by atoms with Crippen molar-refractivity contribution in [3.8, 4) is 0 Å². The van der Waals surface area contributed by atoms with Crippen LogP contribution >= 0.6 is 0 Å². The maximum Gasteiger partial charge on any atom is 0.335 e. The van der Waals surface area contributed by atoms with Crippen LogP contribution in [0.15, 0.2) is 42.5 Å². The molecule has 4 nitrogen and oxygen atoms in total. The second-order valence-corrected chi connectivity index (χ2v) is 6.39. The molecule has 4 heteroatoms. The molecule has 0 amide bonds. The zero-order chi connectivity index (χ0) is 16.0. The third kappa shape index (κ3) is 2.30. The van der Waals surface area contributed by atoms with Gasteiger partial charge in [0.2, 0.25) is 0 Å². The lowest BCUT2D eigenvalue weighted by molar-refractivity contribution is 0.0697. The summed E-state index contributed by atoms with van der Waals surface area (Å²) in [6, 6.07) is 13.9. The number of aromatic carboxylic acids is 1. The first-order chi connectivity index (χ1) is 11.1. The lowest BCUT2D eigenvalue weighted by atomic mass is 9.92. The van der Waals surface area contributed by atoms with Gasteiger partial charge in [0.25, 0.3) is 0 Å². The Hall–Kier alpha value is -2.33. The Bertz CT molecular complexity index is 888. The number of para-hydroxylation sites is 1. The van der Waals surface area contributed by atoms with E-state index in [1.165, 1.54) is 0 Å². The Morgan fingerprint density at radius 3 is 2.39 bits per heavy atom. The molecule has 0 aliphatic heterocycles. The molecule has 3 aromatic rings. The summed E-state index contributed by atoms with van der Waals surface area (Å²) < 4.78 is 2.28. The maximum atomic E-state index is 11.3. The van der Waals surface area contributed by atoms with E-state index in [9.17, 15) is 15.0 Å². The van der Waals surface area contributed by atoms with Gasteiger partial charge in [-0.05, 0) is 43.9 Å². The summed E-state index contributed by atoms with van der Waals surface area (Å²) in [5, 5.41) is 21.3. The zero-order valence-electron chi connectivity index (χ0n) is 12.8. The Morgan fingerprint density at radius 2 is 1.65 bits per heavy atom. The predicted molar refractivity (Wildman–Crippen MR) is 89.9 cm³/mol. The highest BCUT2D eigenvalue weighted by Crippen LogP contribution is 2.37. The van der Waals surface area contributed by atoms with Gasteiger partial charge in [-0.25, -0.2) is 4.79 Å². The molecule has 1 fully saturated rings. The Labute approximate surface area is 134 Å². The number of hydrogen-bond acceptors (Lipinski definition) is 2. The van der Waals surface area contributed by atoms with Crippen LogP contribution in [-0.2, 0) is 0 Å². The minimum atomic E-state index is -0.900. The minimum Gasteiger partial charge on any atom is -0.478 e. The highest BCUT2D eigenvalue weighted by molar-refractivity contribution is 6.09. The van der Waals surface area contributed by atoms with E-state index in [0.29, 0.717) is 11.6 Å². The summed E-state index contributed by atoms with van der Waals surface area (Å²) in [7, 11) is 0. The van der Waals surface area contributed by atoms with E-state index < -0.39 is 5.97 Å². The molecular weight excluding hydrogens is 290 g/mol. The number of benzene rings is 2. The number of nitrogens with zero attached hydrogens (tertiary/aromatic N) is 1. The van der Waals surface area contributed by atoms with Gasteiger partial charge in [0.15, 0.2) is 0 Å². The Morgan fingerprint density at radius 1 is 0.957 bits per heavy atom. The number of carboxylic acid groups (broad SMARTS) is 1. The van der Waals surface area contributed by atoms with Crippen molar-refractivity contribution in [3.05, 3.63) is 48.0 Å². The molecule has 2 aromatic carbocycles. The molecule has 23 heavy (non-hydrogen) atoms. The summed E-state index contributed by atoms with van der Waals surface area (Å²) in [6.45, 7) is 0. The first-order valence-electron chi connectivity index (χ1n) is 8.09. The highest BCUT2D eigenvalue weighted by atomic mass is 16.4. The van der Waals surface area contributed by atoms with Gasteiger partial charge in [0.1, 0.15) is 0 Å². The first-order valence-corrected chi connectivity index (χ1v) is 8.09. The molecule has 1 aromatic heterocycles. The summed E-state index contributed by atoms with van der Waals surface area (Å²) in [5.41, 5.74) is 2.44. The number of aliphatic hydroxyl groups is 1. The standard InChI is InChI=1S/C19H19NO3/c21-14-8-6-13(7-9-14)20-17-4-2-1-3-15(17)16-10-5-12(19(22)23)11-18(16)20/h1-5,10-11,13-14,21H,6-9H2,(H,22,23)/t13-,14+. The van der Waals surface area contributed by atoms with Crippen LogP contribution in [-0.4, -0.2) is 26.9 Å². The van der Waals surface area contributed by atoms with Crippen molar-refractivity contribution in [2.45, 2.75) is 37.8 Å². The van der Waals surface area contributed by atoms with Gasteiger partial charge in [-0.3, -0.25) is 0 Å². The van der Waals surface area contributed by atoms with Gasteiger partial charge in [-0.2, -0.15) is 0 Å². The summed E-state index contributed by atoms with van der Waals surface area (Å²) in [5.74, 6) is -0.900. The van der Waals surface area contributed by atoms with E-state index in [2.05, 4.69) is 16.7 Å². The van der Waals surface area contributed by atoms with Gasteiger partial charge in [0.05, 0.1) is 17.2 Å². The number of hydrogen-bond donors (Lipinski definition) is 2. The van der Waals surface area contributed by atoms with Crippen molar-refractivity contribution < 1.29 is 15.0 Å². The van der Waals surface area contributed by atoms with Crippen LogP contribution in [0.3, 0.4) is 0 Å². The molecular formula is C19H19NO3. The van der Waals surface area contributed by atoms with Crippen LogP contribution in [0, 0.1) is 0 Å². The molecule has 1 aliphatic carbocycles. The van der Waals surface area contributed by atoms with Crippen LogP contribution in [0.25, 0.3) is 21.8 Å². The Balaban J connectivity index is 1.97. The smallest absolute Gasteiger partial charge is 0.335 e. The molecule has 0 atom stereocenters. The van der Waals surface area contributed by atoms with Crippen molar-refractivity contribution >= 4 is 27.8 Å². The van der Waals surface area contributed by atoms with Crippen molar-refractivity contribution in [2.24, 2.45) is 0 Å². The number of rotatable bonds is 2. The van der Waals surface area contributed by atoms with Gasteiger partial charge in [0, 0.05) is 22.3 Å². The topological polar surface area (TPSA) is 62.5 Å². The molecule has 4 rings (SSSR count). The lowest BCUT2D eigenvalue weighted by Crippen LogP contribution is -2.21. The van der Waals surface area contributed by atoms with E-state index in [0.717, 1.165) is 47.5 Å². The van der Waals surface area contributed by atoms with E-state index in [4.69, 9.17) is 0 Å². The van der Waals surface area contributed by atoms with Crippen LogP contribution < -0.4 is 0 Å². The van der Waals surface area contributed by atoms with Crippen molar-refractivity contribution in [1.82, 2.24) is 4.57 Å². The third-order valence-electron chi connectivity index (χ3n) is 4.99. The third-order valence-corrected chi connectivity index (χ3v) is 4.99. The number of carboxylic acids is 1. The second kappa shape index (κ2) is 5.39. The van der Waals surface area contributed by atoms with Gasteiger partial charge in [-0.1, -0.05) is 24.3 Å². The summed E-state index contributed by atoms with van der Waals surface area (Å²) >= 11 is 0. The summed E-state index contributed by atoms with van der Waals surface area (Å²) in [6.07, 6.45) is 3.25. The fourth-order valence-corrected chi connectivity index (χ4v) is 3.84. The van der Waals surface area contributed by atoms with Gasteiger partial charge in [-0.15, -0.1) is 0 Å². The Kier molecular flexibility index (Phi) is 3.34. The van der Waals surface area contributed by atoms with Crippen molar-refractivity contribution in [3.63, 3.8) is 0 Å². The fourth-order valence-electron chi connectivity index (χ4n) is 3.84. The molecule has 0 unspecified atom stereocenters. The molecule has 1 saturated carbocycles.